The van der Waals surface area contributed by atoms with E-state index in [-0.39, 0.29) is 5.56 Å². The molecule has 19 heavy (non-hydrogen) atoms. The summed E-state index contributed by atoms with van der Waals surface area (Å²) in [5.74, 6) is -0.445. The average molecular weight is 264 g/mol. The number of hydrogen-bond acceptors (Lipinski definition) is 4. The van der Waals surface area contributed by atoms with Crippen LogP contribution >= 0.6 is 0 Å². The molecule has 0 aliphatic carbocycles. The van der Waals surface area contributed by atoms with E-state index < -0.39 is 5.97 Å². The summed E-state index contributed by atoms with van der Waals surface area (Å²) in [6, 6.07) is 4.86. The van der Waals surface area contributed by atoms with Crippen molar-refractivity contribution >= 4 is 17.3 Å². The van der Waals surface area contributed by atoms with Gasteiger partial charge in [0.25, 0.3) is 0 Å². The summed E-state index contributed by atoms with van der Waals surface area (Å²) >= 11 is 0. The summed E-state index contributed by atoms with van der Waals surface area (Å²) in [4.78, 5) is 12.9. The molecule has 5 heteroatoms. The van der Waals surface area contributed by atoms with Gasteiger partial charge in [-0.05, 0) is 37.0 Å². The van der Waals surface area contributed by atoms with Gasteiger partial charge in [0.15, 0.2) is 0 Å². The van der Waals surface area contributed by atoms with Crippen molar-refractivity contribution in [2.45, 2.75) is 12.8 Å². The summed E-state index contributed by atoms with van der Waals surface area (Å²) < 4.78 is 5.46. The second kappa shape index (κ2) is 5.93. The molecule has 1 fully saturated rings. The molecular formula is C14H20N2O3. The first kappa shape index (κ1) is 13.7. The van der Waals surface area contributed by atoms with E-state index in [1.807, 2.05) is 7.05 Å². The molecule has 3 N–H and O–H groups in total. The number of nitrogens with two attached hydrogens (primary N) is 1. The third-order valence-corrected chi connectivity index (χ3v) is 3.47. The number of nitrogen functional groups attached to an aromatic ring is 1. The van der Waals surface area contributed by atoms with Crippen LogP contribution in [0.15, 0.2) is 18.2 Å². The van der Waals surface area contributed by atoms with Crippen LogP contribution in [0.5, 0.6) is 0 Å². The molecule has 1 aromatic rings. The van der Waals surface area contributed by atoms with Crippen molar-refractivity contribution in [3.05, 3.63) is 23.8 Å². The highest BCUT2D eigenvalue weighted by Gasteiger charge is 2.17. The van der Waals surface area contributed by atoms with E-state index in [1.54, 1.807) is 12.1 Å². The fourth-order valence-corrected chi connectivity index (χ4v) is 2.47. The normalized spacial score (nSPS) is 19.1. The van der Waals surface area contributed by atoms with Crippen LogP contribution < -0.4 is 10.6 Å². The van der Waals surface area contributed by atoms with Gasteiger partial charge in [-0.2, -0.15) is 0 Å². The highest BCUT2D eigenvalue weighted by Crippen LogP contribution is 2.25. The highest BCUT2D eigenvalue weighted by atomic mass is 16.5. The van der Waals surface area contributed by atoms with Gasteiger partial charge in [0.1, 0.15) is 0 Å². The van der Waals surface area contributed by atoms with Gasteiger partial charge in [0.05, 0.1) is 23.5 Å². The molecule has 0 amide bonds. The van der Waals surface area contributed by atoms with Gasteiger partial charge in [-0.15, -0.1) is 0 Å². The zero-order valence-corrected chi connectivity index (χ0v) is 11.1. The average Bonchev–Trinajstić information content (AvgIpc) is 2.39. The Labute approximate surface area is 113 Å². The second-order valence-electron chi connectivity index (χ2n) is 5.04. The molecule has 0 radical (unpaired) electrons. The monoisotopic (exact) mass is 264 g/mol. The fraction of sp³-hybridized carbons (Fsp3) is 0.500. The molecule has 1 heterocycles. The summed E-state index contributed by atoms with van der Waals surface area (Å²) in [7, 11) is 1.97. The van der Waals surface area contributed by atoms with E-state index in [1.165, 1.54) is 6.07 Å². The van der Waals surface area contributed by atoms with Crippen LogP contribution in [0.1, 0.15) is 23.2 Å². The molecule has 0 saturated carbocycles. The van der Waals surface area contributed by atoms with Crippen LogP contribution in [0.4, 0.5) is 11.4 Å². The molecule has 1 aromatic carbocycles. The van der Waals surface area contributed by atoms with Crippen LogP contribution in [0, 0.1) is 5.92 Å². The van der Waals surface area contributed by atoms with Crippen LogP contribution in [0.25, 0.3) is 0 Å². The van der Waals surface area contributed by atoms with E-state index in [9.17, 15) is 4.79 Å². The van der Waals surface area contributed by atoms with Gasteiger partial charge >= 0.3 is 5.97 Å². The fourth-order valence-electron chi connectivity index (χ4n) is 2.47. The van der Waals surface area contributed by atoms with Crippen molar-refractivity contribution < 1.29 is 14.6 Å². The molecule has 1 saturated heterocycles. The lowest BCUT2D eigenvalue weighted by atomic mass is 10.0. The Morgan fingerprint density at radius 1 is 1.58 bits per heavy atom. The maximum absolute atomic E-state index is 10.9. The van der Waals surface area contributed by atoms with Crippen molar-refractivity contribution in [3.63, 3.8) is 0 Å². The largest absolute Gasteiger partial charge is 0.478 e. The maximum Gasteiger partial charge on any atom is 0.335 e. The van der Waals surface area contributed by atoms with E-state index in [4.69, 9.17) is 15.6 Å². The molecule has 0 aromatic heterocycles. The van der Waals surface area contributed by atoms with Crippen LogP contribution in [0.3, 0.4) is 0 Å². The lowest BCUT2D eigenvalue weighted by molar-refractivity contribution is 0.0576. The Morgan fingerprint density at radius 2 is 2.37 bits per heavy atom. The summed E-state index contributed by atoms with van der Waals surface area (Å²) in [6.45, 7) is 2.52. The van der Waals surface area contributed by atoms with Crippen molar-refractivity contribution in [1.29, 1.82) is 0 Å². The minimum absolute atomic E-state index is 0.218. The molecule has 1 unspecified atom stereocenters. The summed E-state index contributed by atoms with van der Waals surface area (Å²) in [5, 5.41) is 8.91. The van der Waals surface area contributed by atoms with Gasteiger partial charge in [-0.25, -0.2) is 4.79 Å². The molecule has 0 spiro atoms. The van der Waals surface area contributed by atoms with Crippen molar-refractivity contribution in [3.8, 4) is 0 Å². The molecule has 1 atom stereocenters. The molecule has 5 nitrogen and oxygen atoms in total. The first-order valence-electron chi connectivity index (χ1n) is 6.49. The Bertz CT molecular complexity index is 456. The Kier molecular flexibility index (Phi) is 4.27. The zero-order chi connectivity index (χ0) is 13.8. The Hall–Kier alpha value is -1.75. The van der Waals surface area contributed by atoms with E-state index in [0.29, 0.717) is 11.6 Å². The number of carboxylic acids is 1. The van der Waals surface area contributed by atoms with Crippen molar-refractivity contribution in [2.75, 3.05) is 37.4 Å². The number of aromatic carboxylic acids is 1. The zero-order valence-electron chi connectivity index (χ0n) is 11.1. The van der Waals surface area contributed by atoms with Crippen LogP contribution in [-0.2, 0) is 4.74 Å². The predicted molar refractivity (Wildman–Crippen MR) is 74.6 cm³/mol. The van der Waals surface area contributed by atoms with E-state index in [2.05, 4.69) is 4.90 Å². The molecule has 1 aliphatic heterocycles. The number of nitrogens with zero attached hydrogens (tertiary/aromatic N) is 1. The van der Waals surface area contributed by atoms with Crippen LogP contribution in [-0.4, -0.2) is 37.9 Å². The highest BCUT2D eigenvalue weighted by molar-refractivity contribution is 5.90. The quantitative estimate of drug-likeness (QED) is 0.811. The number of ether oxygens (including phenoxy) is 1. The summed E-state index contributed by atoms with van der Waals surface area (Å²) in [6.07, 6.45) is 2.27. The Morgan fingerprint density at radius 3 is 2.95 bits per heavy atom. The lowest BCUT2D eigenvalue weighted by Crippen LogP contribution is -2.31. The van der Waals surface area contributed by atoms with Gasteiger partial charge in [0, 0.05) is 20.2 Å². The molecule has 104 valence electrons. The predicted octanol–water partition coefficient (Wildman–Crippen LogP) is 1.83. The smallest absolute Gasteiger partial charge is 0.335 e. The number of carbonyl (C=O) groups is 1. The Balaban J connectivity index is 2.05. The van der Waals surface area contributed by atoms with Gasteiger partial charge < -0.3 is 20.5 Å². The van der Waals surface area contributed by atoms with Crippen molar-refractivity contribution in [1.82, 2.24) is 0 Å². The third kappa shape index (κ3) is 3.38. The first-order valence-corrected chi connectivity index (χ1v) is 6.49. The standard InChI is InChI=1S/C14H20N2O3/c1-16(8-10-3-2-6-19-9-10)13-5-4-11(14(17)18)7-12(13)15/h4-5,7,10H,2-3,6,8-9,15H2,1H3,(H,17,18). The SMILES string of the molecule is CN(CC1CCCOC1)c1ccc(C(=O)O)cc1N. The van der Waals surface area contributed by atoms with Gasteiger partial charge in [0.2, 0.25) is 0 Å². The van der Waals surface area contributed by atoms with E-state index >= 15 is 0 Å². The first-order chi connectivity index (χ1) is 9.08. The molecule has 1 aliphatic rings. The van der Waals surface area contributed by atoms with Gasteiger partial charge in [-0.1, -0.05) is 0 Å². The van der Waals surface area contributed by atoms with Crippen LogP contribution in [0.2, 0.25) is 0 Å². The maximum atomic E-state index is 10.9. The van der Waals surface area contributed by atoms with E-state index in [0.717, 1.165) is 38.3 Å². The number of hydrogen-bond donors (Lipinski definition) is 2. The second-order valence-corrected chi connectivity index (χ2v) is 5.04. The number of anilines is 2. The summed E-state index contributed by atoms with van der Waals surface area (Å²) in [5.41, 5.74) is 7.52. The third-order valence-electron chi connectivity index (χ3n) is 3.47. The van der Waals surface area contributed by atoms with Gasteiger partial charge in [-0.3, -0.25) is 0 Å². The molecule has 0 bridgehead atoms. The number of benzene rings is 1. The van der Waals surface area contributed by atoms with Crippen molar-refractivity contribution in [2.24, 2.45) is 5.92 Å². The minimum Gasteiger partial charge on any atom is -0.478 e. The number of carboxylic acid groups (broad SMARTS) is 1. The molecule has 2 rings (SSSR count). The topological polar surface area (TPSA) is 75.8 Å². The number of rotatable bonds is 4. The molecular weight excluding hydrogens is 244 g/mol. The lowest BCUT2D eigenvalue weighted by Gasteiger charge is -2.29. The minimum atomic E-state index is -0.957.